The molecular formula is C13H22O7. The third kappa shape index (κ3) is 16.1. The fraction of sp³-hybridized carbons (Fsp3) is 0.692. The molecule has 7 heteroatoms. The smallest absolute Gasteiger partial charge is 0.317 e. The van der Waals surface area contributed by atoms with Crippen molar-refractivity contribution < 1.29 is 33.4 Å². The zero-order valence-electron chi connectivity index (χ0n) is 12.4. The Morgan fingerprint density at radius 3 is 1.20 bits per heavy atom. The van der Waals surface area contributed by atoms with Crippen LogP contribution in [0.2, 0.25) is 0 Å². The van der Waals surface area contributed by atoms with Crippen molar-refractivity contribution in [3.8, 4) is 0 Å². The first-order chi connectivity index (χ1) is 9.37. The van der Waals surface area contributed by atoms with E-state index < -0.39 is 17.9 Å². The number of ketones is 1. The van der Waals surface area contributed by atoms with Crippen molar-refractivity contribution in [1.29, 1.82) is 0 Å². The van der Waals surface area contributed by atoms with E-state index in [2.05, 4.69) is 14.2 Å². The molecule has 0 bridgehead atoms. The maximum atomic E-state index is 10.6. The highest BCUT2D eigenvalue weighted by molar-refractivity contribution is 5.94. The molecule has 0 aromatic heterocycles. The zero-order chi connectivity index (χ0) is 16.0. The van der Waals surface area contributed by atoms with Gasteiger partial charge in [-0.05, 0) is 27.7 Å². The Hall–Kier alpha value is -1.92. The maximum absolute atomic E-state index is 10.6. The molecule has 20 heavy (non-hydrogen) atoms. The molecule has 0 aliphatic carbocycles. The van der Waals surface area contributed by atoms with Crippen LogP contribution >= 0.6 is 0 Å². The molecule has 0 aliphatic heterocycles. The lowest BCUT2D eigenvalue weighted by Crippen LogP contribution is -2.13. The highest BCUT2D eigenvalue weighted by Gasteiger charge is 2.09. The average molecular weight is 290 g/mol. The number of Topliss-reactive ketones (excluding diaryl/α,β-unsaturated/α-hetero) is 1. The van der Waals surface area contributed by atoms with Crippen molar-refractivity contribution in [3.63, 3.8) is 0 Å². The summed E-state index contributed by atoms with van der Waals surface area (Å²) in [4.78, 5) is 41.8. The SMILES string of the molecule is CCOC(=O)CC(=O)OCC.CCOC(=O)CC(C)=O. The Labute approximate surface area is 118 Å². The molecule has 0 aromatic carbocycles. The van der Waals surface area contributed by atoms with Gasteiger partial charge < -0.3 is 14.2 Å². The lowest BCUT2D eigenvalue weighted by Gasteiger charge is -2.00. The van der Waals surface area contributed by atoms with Crippen molar-refractivity contribution in [2.24, 2.45) is 0 Å². The summed E-state index contributed by atoms with van der Waals surface area (Å²) in [6, 6.07) is 0. The van der Waals surface area contributed by atoms with Crippen LogP contribution in [0.1, 0.15) is 40.5 Å². The molecule has 0 saturated carbocycles. The minimum absolute atomic E-state index is 0.103. The van der Waals surface area contributed by atoms with Crippen molar-refractivity contribution >= 4 is 23.7 Å². The van der Waals surface area contributed by atoms with E-state index in [1.165, 1.54) is 6.92 Å². The summed E-state index contributed by atoms with van der Waals surface area (Å²) >= 11 is 0. The summed E-state index contributed by atoms with van der Waals surface area (Å²) in [5, 5.41) is 0. The summed E-state index contributed by atoms with van der Waals surface area (Å²) in [5.41, 5.74) is 0. The van der Waals surface area contributed by atoms with Crippen molar-refractivity contribution in [3.05, 3.63) is 0 Å². The maximum Gasteiger partial charge on any atom is 0.317 e. The van der Waals surface area contributed by atoms with Crippen LogP contribution in [0.5, 0.6) is 0 Å². The van der Waals surface area contributed by atoms with Gasteiger partial charge in [-0.1, -0.05) is 0 Å². The molecule has 0 radical (unpaired) electrons. The van der Waals surface area contributed by atoms with Gasteiger partial charge in [0.1, 0.15) is 18.6 Å². The van der Waals surface area contributed by atoms with Gasteiger partial charge in [0.25, 0.3) is 0 Å². The Balaban J connectivity index is 0. The van der Waals surface area contributed by atoms with Crippen molar-refractivity contribution in [2.45, 2.75) is 40.5 Å². The second-order valence-electron chi connectivity index (χ2n) is 3.47. The summed E-state index contributed by atoms with van der Waals surface area (Å²) < 4.78 is 13.5. The summed E-state index contributed by atoms with van der Waals surface area (Å²) in [6.45, 7) is 7.35. The number of ether oxygens (including phenoxy) is 3. The summed E-state index contributed by atoms with van der Waals surface area (Å²) in [6.07, 6.45) is -0.393. The molecule has 0 spiro atoms. The zero-order valence-corrected chi connectivity index (χ0v) is 12.4. The molecule has 0 fully saturated rings. The highest BCUT2D eigenvalue weighted by atomic mass is 16.6. The molecule has 0 unspecified atom stereocenters. The van der Waals surface area contributed by atoms with Gasteiger partial charge in [-0.25, -0.2) is 0 Å². The lowest BCUT2D eigenvalue weighted by atomic mass is 10.3. The first-order valence-corrected chi connectivity index (χ1v) is 6.33. The molecule has 0 saturated heterocycles. The highest BCUT2D eigenvalue weighted by Crippen LogP contribution is 1.89. The van der Waals surface area contributed by atoms with Crippen molar-refractivity contribution in [1.82, 2.24) is 0 Å². The Morgan fingerprint density at radius 2 is 0.950 bits per heavy atom. The van der Waals surface area contributed by atoms with Crippen LogP contribution < -0.4 is 0 Å². The first kappa shape index (κ1) is 20.4. The number of rotatable bonds is 7. The minimum atomic E-state index is -0.536. The molecule has 0 N–H and O–H groups in total. The number of hydrogen-bond acceptors (Lipinski definition) is 7. The monoisotopic (exact) mass is 290 g/mol. The van der Waals surface area contributed by atoms with Gasteiger partial charge in [0.05, 0.1) is 19.8 Å². The third-order valence-corrected chi connectivity index (χ3v) is 1.60. The molecule has 0 aliphatic rings. The van der Waals surface area contributed by atoms with Crippen LogP contribution in [-0.2, 0) is 33.4 Å². The van der Waals surface area contributed by atoms with Gasteiger partial charge in [0.2, 0.25) is 0 Å². The van der Waals surface area contributed by atoms with E-state index >= 15 is 0 Å². The van der Waals surface area contributed by atoms with E-state index in [4.69, 9.17) is 0 Å². The quantitative estimate of drug-likeness (QED) is 0.392. The minimum Gasteiger partial charge on any atom is -0.466 e. The predicted molar refractivity (Wildman–Crippen MR) is 69.8 cm³/mol. The Bertz CT molecular complexity index is 307. The van der Waals surface area contributed by atoms with Gasteiger partial charge in [-0.3, -0.25) is 19.2 Å². The fourth-order valence-corrected chi connectivity index (χ4v) is 0.957. The predicted octanol–water partition coefficient (Wildman–Crippen LogP) is 1.03. The van der Waals surface area contributed by atoms with Crippen LogP contribution in [0.4, 0.5) is 0 Å². The van der Waals surface area contributed by atoms with E-state index in [0.717, 1.165) is 0 Å². The number of carbonyl (C=O) groups excluding carboxylic acids is 4. The van der Waals surface area contributed by atoms with E-state index in [9.17, 15) is 19.2 Å². The fourth-order valence-electron chi connectivity index (χ4n) is 0.957. The van der Waals surface area contributed by atoms with Gasteiger partial charge in [0.15, 0.2) is 0 Å². The van der Waals surface area contributed by atoms with Crippen LogP contribution in [0.25, 0.3) is 0 Å². The third-order valence-electron chi connectivity index (χ3n) is 1.60. The van der Waals surface area contributed by atoms with E-state index in [-0.39, 0.29) is 31.8 Å². The largest absolute Gasteiger partial charge is 0.466 e. The van der Waals surface area contributed by atoms with Gasteiger partial charge in [0, 0.05) is 0 Å². The second kappa shape index (κ2) is 13.5. The van der Waals surface area contributed by atoms with Crippen LogP contribution in [0.3, 0.4) is 0 Å². The van der Waals surface area contributed by atoms with Gasteiger partial charge in [-0.15, -0.1) is 0 Å². The average Bonchev–Trinajstić information content (AvgIpc) is 2.29. The molecule has 0 atom stereocenters. The normalized spacial score (nSPS) is 8.80. The van der Waals surface area contributed by atoms with Gasteiger partial charge in [-0.2, -0.15) is 0 Å². The Morgan fingerprint density at radius 1 is 0.650 bits per heavy atom. The summed E-state index contributed by atoms with van der Waals surface area (Å²) in [7, 11) is 0. The molecule has 0 heterocycles. The number of carbonyl (C=O) groups is 4. The molecule has 116 valence electrons. The number of hydrogen-bond donors (Lipinski definition) is 0. The molecule has 0 amide bonds. The van der Waals surface area contributed by atoms with Gasteiger partial charge >= 0.3 is 17.9 Å². The molecule has 0 aromatic rings. The van der Waals surface area contributed by atoms with E-state index in [1.54, 1.807) is 20.8 Å². The second-order valence-corrected chi connectivity index (χ2v) is 3.47. The topological polar surface area (TPSA) is 96.0 Å². The molecular weight excluding hydrogens is 268 g/mol. The molecule has 0 rings (SSSR count). The standard InChI is InChI=1S/C7H12O4.C6H10O3/c1-3-10-6(8)5-7(9)11-4-2;1-3-9-6(8)4-5(2)7/h3-5H2,1-2H3;3-4H2,1-2H3. The Kier molecular flexibility index (Phi) is 13.8. The van der Waals surface area contributed by atoms with Crippen molar-refractivity contribution in [2.75, 3.05) is 19.8 Å². The summed E-state index contributed by atoms with van der Waals surface area (Å²) in [5.74, 6) is -1.67. The lowest BCUT2D eigenvalue weighted by molar-refractivity contribution is -0.154. The van der Waals surface area contributed by atoms with Crippen LogP contribution in [-0.4, -0.2) is 43.5 Å². The van der Waals surface area contributed by atoms with Crippen LogP contribution in [0.15, 0.2) is 0 Å². The first-order valence-electron chi connectivity index (χ1n) is 6.33. The molecule has 7 nitrogen and oxygen atoms in total. The number of esters is 3. The van der Waals surface area contributed by atoms with Crippen LogP contribution in [0, 0.1) is 0 Å². The van der Waals surface area contributed by atoms with E-state index in [0.29, 0.717) is 6.61 Å². The van der Waals surface area contributed by atoms with E-state index in [1.807, 2.05) is 0 Å².